The van der Waals surface area contributed by atoms with Crippen LogP contribution < -0.4 is 10.9 Å². The summed E-state index contributed by atoms with van der Waals surface area (Å²) in [5.41, 5.74) is 5.13. The number of fused-ring (bicyclic) bond motifs is 4. The number of nitro groups is 1. The second-order valence-electron chi connectivity index (χ2n) is 7.19. The molecule has 146 valence electrons. The predicted molar refractivity (Wildman–Crippen MR) is 114 cm³/mol. The monoisotopic (exact) mass is 397 g/mol. The number of carbonyl (C=O) groups is 1. The number of aromatic amines is 1. The summed E-state index contributed by atoms with van der Waals surface area (Å²) in [6.45, 7) is 0. The molecule has 0 saturated carbocycles. The third-order valence-corrected chi connectivity index (χ3v) is 5.33. The fourth-order valence-electron chi connectivity index (χ4n) is 3.96. The van der Waals surface area contributed by atoms with E-state index in [1.165, 1.54) is 29.3 Å². The Morgan fingerprint density at radius 2 is 1.77 bits per heavy atom. The first-order valence-electron chi connectivity index (χ1n) is 9.33. The van der Waals surface area contributed by atoms with E-state index in [9.17, 15) is 19.7 Å². The minimum Gasteiger partial charge on any atom is -0.322 e. The minimum atomic E-state index is -0.537. The summed E-state index contributed by atoms with van der Waals surface area (Å²) in [6, 6.07) is 19.0. The Morgan fingerprint density at radius 3 is 2.60 bits per heavy atom. The number of hydrogen-bond donors (Lipinski definition) is 2. The quantitative estimate of drug-likeness (QED) is 0.350. The molecule has 0 bridgehead atoms. The molecule has 0 saturated heterocycles. The van der Waals surface area contributed by atoms with E-state index in [1.807, 2.05) is 30.3 Å². The first-order chi connectivity index (χ1) is 14.5. The molecular weight excluding hydrogens is 382 g/mol. The average molecular weight is 397 g/mol. The maximum absolute atomic E-state index is 12.9. The molecule has 7 nitrogen and oxygen atoms in total. The molecule has 1 amide bonds. The van der Waals surface area contributed by atoms with E-state index in [1.54, 1.807) is 0 Å². The summed E-state index contributed by atoms with van der Waals surface area (Å²) in [4.78, 5) is 38.1. The molecule has 1 aliphatic carbocycles. The smallest absolute Gasteiger partial charge is 0.270 e. The third-order valence-electron chi connectivity index (χ3n) is 5.33. The first kappa shape index (κ1) is 17.8. The van der Waals surface area contributed by atoms with E-state index in [2.05, 4.69) is 22.4 Å². The molecule has 2 N–H and O–H groups in total. The second-order valence-corrected chi connectivity index (χ2v) is 7.19. The Morgan fingerprint density at radius 1 is 0.967 bits per heavy atom. The molecule has 7 heteroatoms. The summed E-state index contributed by atoms with van der Waals surface area (Å²) in [5.74, 6) is -0.498. The van der Waals surface area contributed by atoms with Gasteiger partial charge in [-0.25, -0.2) is 0 Å². The third kappa shape index (κ3) is 2.93. The topological polar surface area (TPSA) is 105 Å². The van der Waals surface area contributed by atoms with Gasteiger partial charge in [0, 0.05) is 34.8 Å². The molecule has 0 atom stereocenters. The van der Waals surface area contributed by atoms with Gasteiger partial charge in [-0.2, -0.15) is 0 Å². The lowest BCUT2D eigenvalue weighted by atomic mass is 10.0. The number of rotatable bonds is 3. The molecule has 3 aromatic carbocycles. The van der Waals surface area contributed by atoms with E-state index in [0.717, 1.165) is 23.6 Å². The largest absolute Gasteiger partial charge is 0.322 e. The molecule has 1 heterocycles. The number of amides is 1. The number of aromatic nitrogens is 1. The van der Waals surface area contributed by atoms with Crippen LogP contribution in [0.2, 0.25) is 0 Å². The van der Waals surface area contributed by atoms with Crippen LogP contribution in [-0.2, 0) is 6.42 Å². The normalized spacial score (nSPS) is 11.7. The van der Waals surface area contributed by atoms with Gasteiger partial charge in [0.2, 0.25) is 5.56 Å². The summed E-state index contributed by atoms with van der Waals surface area (Å²) < 4.78 is 0. The maximum atomic E-state index is 12.9. The Bertz CT molecular complexity index is 1420. The highest BCUT2D eigenvalue weighted by Gasteiger charge is 2.19. The number of non-ortho nitro benzene ring substituents is 1. The molecule has 0 aliphatic heterocycles. The Balaban J connectivity index is 1.51. The first-order valence-corrected chi connectivity index (χ1v) is 9.33. The van der Waals surface area contributed by atoms with Crippen molar-refractivity contribution in [1.82, 2.24) is 4.98 Å². The van der Waals surface area contributed by atoms with E-state index < -0.39 is 16.4 Å². The number of carbonyl (C=O) groups excluding carboxylic acids is 1. The van der Waals surface area contributed by atoms with Gasteiger partial charge in [-0.1, -0.05) is 30.3 Å². The molecule has 30 heavy (non-hydrogen) atoms. The van der Waals surface area contributed by atoms with Crippen LogP contribution in [0.1, 0.15) is 21.5 Å². The molecular formula is C23H15N3O4. The van der Waals surface area contributed by atoms with Crippen molar-refractivity contribution in [2.24, 2.45) is 0 Å². The lowest BCUT2D eigenvalue weighted by molar-refractivity contribution is -0.384. The molecule has 5 rings (SSSR count). The SMILES string of the molecule is O=C(Nc1ccc2c(c1)Cc1ccccc1-2)c1cc(=O)[nH]c2ccc([N+](=O)[O-])cc12. The van der Waals surface area contributed by atoms with Crippen LogP contribution in [-0.4, -0.2) is 15.8 Å². The molecule has 0 radical (unpaired) electrons. The van der Waals surface area contributed by atoms with Crippen molar-refractivity contribution in [2.75, 3.05) is 5.32 Å². The van der Waals surface area contributed by atoms with Crippen molar-refractivity contribution in [3.63, 3.8) is 0 Å². The van der Waals surface area contributed by atoms with E-state index in [4.69, 9.17) is 0 Å². The average Bonchev–Trinajstić information content (AvgIpc) is 3.10. The van der Waals surface area contributed by atoms with Crippen LogP contribution in [0.15, 0.2) is 71.5 Å². The fraction of sp³-hybridized carbons (Fsp3) is 0.0435. The highest BCUT2D eigenvalue weighted by molar-refractivity contribution is 6.12. The van der Waals surface area contributed by atoms with Gasteiger partial charge in [0.1, 0.15) is 0 Å². The van der Waals surface area contributed by atoms with Crippen LogP contribution in [0.5, 0.6) is 0 Å². The standard InChI is InChI=1S/C23H15N3O4/c27-22-12-20(19-11-16(26(29)30)6-8-21(19)25-22)23(28)24-15-5-7-18-14(10-15)9-13-3-1-2-4-17(13)18/h1-8,10-12H,9H2,(H,24,28)(H,25,27). The van der Waals surface area contributed by atoms with Crippen LogP contribution in [0.4, 0.5) is 11.4 Å². The number of nitrogens with one attached hydrogen (secondary N) is 2. The van der Waals surface area contributed by atoms with Gasteiger partial charge in [0.15, 0.2) is 0 Å². The van der Waals surface area contributed by atoms with E-state index in [0.29, 0.717) is 16.6 Å². The molecule has 4 aromatic rings. The van der Waals surface area contributed by atoms with Gasteiger partial charge in [-0.05, 0) is 46.9 Å². The number of pyridine rings is 1. The van der Waals surface area contributed by atoms with Crippen molar-refractivity contribution in [1.29, 1.82) is 0 Å². The zero-order valence-electron chi connectivity index (χ0n) is 15.6. The number of H-pyrrole nitrogens is 1. The van der Waals surface area contributed by atoms with Crippen molar-refractivity contribution in [3.05, 3.63) is 104 Å². The van der Waals surface area contributed by atoms with Gasteiger partial charge in [0.25, 0.3) is 11.6 Å². The van der Waals surface area contributed by atoms with Crippen molar-refractivity contribution >= 4 is 28.2 Å². The van der Waals surface area contributed by atoms with Gasteiger partial charge < -0.3 is 10.3 Å². The Labute approximate surface area is 170 Å². The van der Waals surface area contributed by atoms with Gasteiger partial charge in [-0.15, -0.1) is 0 Å². The van der Waals surface area contributed by atoms with Crippen LogP contribution in [0.3, 0.4) is 0 Å². The summed E-state index contributed by atoms with van der Waals surface area (Å²) in [7, 11) is 0. The van der Waals surface area contributed by atoms with E-state index >= 15 is 0 Å². The lowest BCUT2D eigenvalue weighted by Crippen LogP contribution is -2.17. The number of hydrogen-bond acceptors (Lipinski definition) is 4. The Kier molecular flexibility index (Phi) is 3.96. The van der Waals surface area contributed by atoms with Crippen molar-refractivity contribution < 1.29 is 9.72 Å². The van der Waals surface area contributed by atoms with Gasteiger partial charge in [-0.3, -0.25) is 19.7 Å². The summed E-state index contributed by atoms with van der Waals surface area (Å²) in [5, 5.41) is 14.3. The highest BCUT2D eigenvalue weighted by Crippen LogP contribution is 2.37. The van der Waals surface area contributed by atoms with Crippen LogP contribution >= 0.6 is 0 Å². The lowest BCUT2D eigenvalue weighted by Gasteiger charge is -2.10. The summed E-state index contributed by atoms with van der Waals surface area (Å²) in [6.07, 6.45) is 0.787. The number of benzene rings is 3. The number of nitro benzene ring substituents is 1. The zero-order valence-corrected chi connectivity index (χ0v) is 15.6. The second kappa shape index (κ2) is 6.66. The molecule has 1 aliphatic rings. The van der Waals surface area contributed by atoms with Gasteiger partial charge >= 0.3 is 0 Å². The summed E-state index contributed by atoms with van der Waals surface area (Å²) >= 11 is 0. The van der Waals surface area contributed by atoms with Crippen molar-refractivity contribution in [3.8, 4) is 11.1 Å². The highest BCUT2D eigenvalue weighted by atomic mass is 16.6. The van der Waals surface area contributed by atoms with Crippen LogP contribution in [0.25, 0.3) is 22.0 Å². The minimum absolute atomic E-state index is 0.0845. The zero-order chi connectivity index (χ0) is 20.8. The molecule has 0 spiro atoms. The Hall–Kier alpha value is -4.26. The van der Waals surface area contributed by atoms with E-state index in [-0.39, 0.29) is 11.3 Å². The van der Waals surface area contributed by atoms with Crippen LogP contribution in [0, 0.1) is 10.1 Å². The predicted octanol–water partition coefficient (Wildman–Crippen LogP) is 4.26. The number of anilines is 1. The molecule has 1 aromatic heterocycles. The molecule has 0 unspecified atom stereocenters. The van der Waals surface area contributed by atoms with Gasteiger partial charge in [0.05, 0.1) is 10.5 Å². The molecule has 0 fully saturated rings. The fourth-order valence-corrected chi connectivity index (χ4v) is 3.96. The number of nitrogens with zero attached hydrogens (tertiary/aromatic N) is 1. The van der Waals surface area contributed by atoms with Crippen molar-refractivity contribution in [2.45, 2.75) is 6.42 Å². The maximum Gasteiger partial charge on any atom is 0.270 e.